The summed E-state index contributed by atoms with van der Waals surface area (Å²) in [5.41, 5.74) is 0. The Labute approximate surface area is 125 Å². The predicted molar refractivity (Wildman–Crippen MR) is 79.9 cm³/mol. The Morgan fingerprint density at radius 3 is 2.67 bits per heavy atom. The first-order valence-corrected chi connectivity index (χ1v) is 8.03. The van der Waals surface area contributed by atoms with Crippen LogP contribution in [0.25, 0.3) is 0 Å². The topological polar surface area (TPSA) is 36.7 Å². The molecular formula is C17H22N2O2. The van der Waals surface area contributed by atoms with Gasteiger partial charge in [0.05, 0.1) is 6.26 Å². The lowest BCUT2D eigenvalue weighted by molar-refractivity contribution is 0.0580. The van der Waals surface area contributed by atoms with Gasteiger partial charge in [-0.2, -0.15) is 0 Å². The Bertz CT molecular complexity index is 529. The fourth-order valence-corrected chi connectivity index (χ4v) is 4.13. The van der Waals surface area contributed by atoms with Gasteiger partial charge >= 0.3 is 0 Å². The van der Waals surface area contributed by atoms with Crippen LogP contribution in [0.4, 0.5) is 0 Å². The number of rotatable bonds is 3. The van der Waals surface area contributed by atoms with Crippen molar-refractivity contribution in [2.45, 2.75) is 12.8 Å². The van der Waals surface area contributed by atoms with E-state index in [-0.39, 0.29) is 5.91 Å². The maximum Gasteiger partial charge on any atom is 0.289 e. The second-order valence-corrected chi connectivity index (χ2v) is 6.61. The molecule has 0 N–H and O–H groups in total. The van der Waals surface area contributed by atoms with Crippen LogP contribution in [-0.2, 0) is 0 Å². The van der Waals surface area contributed by atoms with Crippen LogP contribution < -0.4 is 0 Å². The summed E-state index contributed by atoms with van der Waals surface area (Å²) in [7, 11) is 0. The van der Waals surface area contributed by atoms with Crippen molar-refractivity contribution in [3.05, 3.63) is 36.3 Å². The molecule has 2 aliphatic carbocycles. The predicted octanol–water partition coefficient (Wildman–Crippen LogP) is 2.25. The van der Waals surface area contributed by atoms with Crippen molar-refractivity contribution in [1.29, 1.82) is 0 Å². The molecule has 0 unspecified atom stereocenters. The second kappa shape index (κ2) is 5.34. The smallest absolute Gasteiger partial charge is 0.289 e. The van der Waals surface area contributed by atoms with Crippen molar-refractivity contribution in [3.8, 4) is 0 Å². The first-order valence-electron chi connectivity index (χ1n) is 8.03. The third-order valence-corrected chi connectivity index (χ3v) is 5.30. The molecule has 0 aromatic carbocycles. The highest BCUT2D eigenvalue weighted by Gasteiger charge is 2.36. The summed E-state index contributed by atoms with van der Waals surface area (Å²) >= 11 is 0. The number of allylic oxidation sites excluding steroid dienone is 2. The lowest BCUT2D eigenvalue weighted by Gasteiger charge is -2.36. The summed E-state index contributed by atoms with van der Waals surface area (Å²) in [5.74, 6) is 3.00. The Balaban J connectivity index is 1.29. The standard InChI is InChI=1S/C17H22N2O2/c20-17(16-2-1-9-21-16)19-7-5-18(6-8-19)12-15-11-13-3-4-14(15)10-13/h1-4,9,13-15H,5-8,10-12H2/t13-,14+,15-/m1/s1. The van der Waals surface area contributed by atoms with Crippen molar-refractivity contribution in [2.75, 3.05) is 32.7 Å². The average Bonchev–Trinajstić information content (AvgIpc) is 3.25. The summed E-state index contributed by atoms with van der Waals surface area (Å²) < 4.78 is 5.20. The average molecular weight is 286 g/mol. The molecule has 21 heavy (non-hydrogen) atoms. The SMILES string of the molecule is O=C(c1ccco1)N1CCN(C[C@H]2C[C@@H]3C=C[C@H]2C3)CC1. The third-order valence-electron chi connectivity index (χ3n) is 5.30. The van der Waals surface area contributed by atoms with Gasteiger partial charge in [0.1, 0.15) is 0 Å². The lowest BCUT2D eigenvalue weighted by atomic mass is 9.93. The molecule has 1 saturated heterocycles. The number of furan rings is 1. The van der Waals surface area contributed by atoms with E-state index in [9.17, 15) is 4.79 Å². The highest BCUT2D eigenvalue weighted by Crippen LogP contribution is 2.43. The number of piperazine rings is 1. The summed E-state index contributed by atoms with van der Waals surface area (Å²) in [6.07, 6.45) is 9.14. The van der Waals surface area contributed by atoms with E-state index in [1.165, 1.54) is 19.4 Å². The van der Waals surface area contributed by atoms with Gasteiger partial charge in [-0.05, 0) is 42.7 Å². The molecule has 1 aliphatic heterocycles. The zero-order valence-electron chi connectivity index (χ0n) is 12.3. The minimum Gasteiger partial charge on any atom is -0.459 e. The molecule has 3 atom stereocenters. The van der Waals surface area contributed by atoms with Crippen LogP contribution in [0.1, 0.15) is 23.4 Å². The number of nitrogens with zero attached hydrogens (tertiary/aromatic N) is 2. The van der Waals surface area contributed by atoms with Gasteiger partial charge in [0.2, 0.25) is 0 Å². The van der Waals surface area contributed by atoms with Gasteiger partial charge in [-0.1, -0.05) is 12.2 Å². The van der Waals surface area contributed by atoms with Gasteiger partial charge < -0.3 is 9.32 Å². The largest absolute Gasteiger partial charge is 0.459 e. The molecule has 2 fully saturated rings. The van der Waals surface area contributed by atoms with Crippen LogP contribution in [0.5, 0.6) is 0 Å². The van der Waals surface area contributed by atoms with Gasteiger partial charge in [0.25, 0.3) is 5.91 Å². The molecule has 2 heterocycles. The molecule has 1 saturated carbocycles. The second-order valence-electron chi connectivity index (χ2n) is 6.61. The zero-order chi connectivity index (χ0) is 14.2. The van der Waals surface area contributed by atoms with Gasteiger partial charge in [-0.15, -0.1) is 0 Å². The van der Waals surface area contributed by atoms with Crippen molar-refractivity contribution in [1.82, 2.24) is 9.80 Å². The quantitative estimate of drug-likeness (QED) is 0.800. The first kappa shape index (κ1) is 13.1. The van der Waals surface area contributed by atoms with Crippen molar-refractivity contribution in [3.63, 3.8) is 0 Å². The first-order chi connectivity index (χ1) is 10.3. The van der Waals surface area contributed by atoms with E-state index in [1.807, 2.05) is 4.90 Å². The Kier molecular flexibility index (Phi) is 3.34. The molecule has 3 aliphatic rings. The molecule has 4 heteroatoms. The highest BCUT2D eigenvalue weighted by molar-refractivity contribution is 5.91. The van der Waals surface area contributed by atoms with Gasteiger partial charge in [0.15, 0.2) is 5.76 Å². The van der Waals surface area contributed by atoms with Crippen molar-refractivity contribution >= 4 is 5.91 Å². The molecule has 2 bridgehead atoms. The number of carbonyl (C=O) groups excluding carboxylic acids is 1. The highest BCUT2D eigenvalue weighted by atomic mass is 16.3. The molecule has 0 radical (unpaired) electrons. The minimum atomic E-state index is 0.0301. The Hall–Kier alpha value is -1.55. The van der Waals surface area contributed by atoms with E-state index >= 15 is 0 Å². The fourth-order valence-electron chi connectivity index (χ4n) is 4.13. The third kappa shape index (κ3) is 2.53. The fraction of sp³-hybridized carbons (Fsp3) is 0.588. The summed E-state index contributed by atoms with van der Waals surface area (Å²) in [6.45, 7) is 4.81. The summed E-state index contributed by atoms with van der Waals surface area (Å²) in [6, 6.07) is 3.52. The van der Waals surface area contributed by atoms with Crippen molar-refractivity contribution in [2.24, 2.45) is 17.8 Å². The van der Waals surface area contributed by atoms with E-state index in [0.29, 0.717) is 5.76 Å². The van der Waals surface area contributed by atoms with Gasteiger partial charge in [-0.25, -0.2) is 0 Å². The van der Waals surface area contributed by atoms with E-state index in [1.54, 1.807) is 18.4 Å². The molecule has 1 aromatic rings. The lowest BCUT2D eigenvalue weighted by Crippen LogP contribution is -2.50. The molecule has 4 nitrogen and oxygen atoms in total. The number of hydrogen-bond donors (Lipinski definition) is 0. The molecule has 4 rings (SSSR count). The van der Waals surface area contributed by atoms with Crippen LogP contribution >= 0.6 is 0 Å². The maximum atomic E-state index is 12.2. The Morgan fingerprint density at radius 1 is 1.19 bits per heavy atom. The monoisotopic (exact) mass is 286 g/mol. The van der Waals surface area contributed by atoms with E-state index in [2.05, 4.69) is 17.1 Å². The zero-order valence-corrected chi connectivity index (χ0v) is 12.3. The molecule has 112 valence electrons. The van der Waals surface area contributed by atoms with Gasteiger partial charge in [-0.3, -0.25) is 9.69 Å². The molecular weight excluding hydrogens is 264 g/mol. The molecule has 1 aromatic heterocycles. The van der Waals surface area contributed by atoms with Gasteiger partial charge in [0, 0.05) is 32.7 Å². The number of fused-ring (bicyclic) bond motifs is 2. The summed E-state index contributed by atoms with van der Waals surface area (Å²) in [5, 5.41) is 0. The normalized spacial score (nSPS) is 32.0. The van der Waals surface area contributed by atoms with E-state index in [0.717, 1.165) is 43.9 Å². The van der Waals surface area contributed by atoms with E-state index in [4.69, 9.17) is 4.42 Å². The van der Waals surface area contributed by atoms with Crippen LogP contribution in [0, 0.1) is 17.8 Å². The maximum absolute atomic E-state index is 12.2. The molecule has 1 amide bonds. The summed E-state index contributed by atoms with van der Waals surface area (Å²) in [4.78, 5) is 16.7. The minimum absolute atomic E-state index is 0.0301. The van der Waals surface area contributed by atoms with E-state index < -0.39 is 0 Å². The van der Waals surface area contributed by atoms with Crippen LogP contribution in [0.15, 0.2) is 35.0 Å². The number of amides is 1. The number of carbonyl (C=O) groups is 1. The van der Waals surface area contributed by atoms with Crippen LogP contribution in [-0.4, -0.2) is 48.4 Å². The van der Waals surface area contributed by atoms with Crippen molar-refractivity contribution < 1.29 is 9.21 Å². The molecule has 0 spiro atoms. The Morgan fingerprint density at radius 2 is 2.05 bits per heavy atom. The van der Waals surface area contributed by atoms with Crippen LogP contribution in [0.2, 0.25) is 0 Å². The number of hydrogen-bond acceptors (Lipinski definition) is 3. The van der Waals surface area contributed by atoms with Crippen LogP contribution in [0.3, 0.4) is 0 Å².